The second-order valence-electron chi connectivity index (χ2n) is 2.92. The zero-order valence-electron chi connectivity index (χ0n) is 6.77. The van der Waals surface area contributed by atoms with E-state index >= 15 is 0 Å². The normalized spacial score (nSPS) is 19.4. The second kappa shape index (κ2) is 2.71. The summed E-state index contributed by atoms with van der Waals surface area (Å²) in [6.07, 6.45) is 0. The fourth-order valence-corrected chi connectivity index (χ4v) is 1.33. The van der Waals surface area contributed by atoms with E-state index in [2.05, 4.69) is 0 Å². The Bertz CT molecular complexity index is 433. The minimum Gasteiger partial charge on any atom is -0.322 e. The number of halogens is 3. The molecule has 1 atom stereocenters. The molecule has 6 heteroatoms. The second-order valence-corrected chi connectivity index (χ2v) is 2.92. The van der Waals surface area contributed by atoms with Gasteiger partial charge in [0.1, 0.15) is 6.04 Å². The summed E-state index contributed by atoms with van der Waals surface area (Å²) in [6.45, 7) is 0. The lowest BCUT2D eigenvalue weighted by Gasteiger charge is -2.03. The molecular weight excluding hydrogens is 197 g/mol. The van der Waals surface area contributed by atoms with E-state index in [-0.39, 0.29) is 11.3 Å². The number of fused-ring (bicyclic) bond motifs is 1. The maximum Gasteiger partial charge on any atom is 0.246 e. The van der Waals surface area contributed by atoms with Crippen LogP contribution in [0, 0.1) is 17.5 Å². The number of benzene rings is 1. The van der Waals surface area contributed by atoms with Gasteiger partial charge in [0.05, 0.1) is 5.69 Å². The lowest BCUT2D eigenvalue weighted by atomic mass is 10.1. The molecule has 1 unspecified atom stereocenters. The monoisotopic (exact) mass is 202 g/mol. The Kier molecular flexibility index (Phi) is 1.75. The van der Waals surface area contributed by atoms with E-state index in [0.717, 1.165) is 6.07 Å². The number of rotatable bonds is 0. The van der Waals surface area contributed by atoms with Gasteiger partial charge in [-0.05, 0) is 6.07 Å². The highest BCUT2D eigenvalue weighted by Gasteiger charge is 2.32. The van der Waals surface area contributed by atoms with Crippen LogP contribution in [-0.4, -0.2) is 5.91 Å². The van der Waals surface area contributed by atoms with Crippen molar-refractivity contribution in [3.8, 4) is 0 Å². The van der Waals surface area contributed by atoms with Gasteiger partial charge in [0.15, 0.2) is 17.5 Å². The van der Waals surface area contributed by atoms with Gasteiger partial charge in [0.25, 0.3) is 0 Å². The van der Waals surface area contributed by atoms with Crippen LogP contribution in [0.15, 0.2) is 6.07 Å². The van der Waals surface area contributed by atoms with Crippen molar-refractivity contribution in [2.45, 2.75) is 6.04 Å². The Morgan fingerprint density at radius 2 is 1.93 bits per heavy atom. The first-order valence-corrected chi connectivity index (χ1v) is 3.76. The fourth-order valence-electron chi connectivity index (χ4n) is 1.33. The molecule has 1 aliphatic heterocycles. The summed E-state index contributed by atoms with van der Waals surface area (Å²) >= 11 is 0. The van der Waals surface area contributed by atoms with Crippen molar-refractivity contribution in [1.82, 2.24) is 0 Å². The Hall–Kier alpha value is -1.56. The summed E-state index contributed by atoms with van der Waals surface area (Å²) in [5, 5.41) is 2.04. The summed E-state index contributed by atoms with van der Waals surface area (Å²) in [4.78, 5) is 11.0. The molecule has 0 radical (unpaired) electrons. The zero-order valence-corrected chi connectivity index (χ0v) is 6.77. The number of nitrogens with one attached hydrogen (secondary N) is 1. The van der Waals surface area contributed by atoms with E-state index in [1.54, 1.807) is 0 Å². The molecule has 0 saturated carbocycles. The van der Waals surface area contributed by atoms with Gasteiger partial charge >= 0.3 is 0 Å². The average molecular weight is 202 g/mol. The SMILES string of the molecule is NC1C(=O)Nc2c1cc(F)c(F)c2F. The van der Waals surface area contributed by atoms with Gasteiger partial charge in [-0.25, -0.2) is 13.2 Å². The first kappa shape index (κ1) is 9.01. The molecule has 0 spiro atoms. The molecule has 0 fully saturated rings. The van der Waals surface area contributed by atoms with E-state index in [1.165, 1.54) is 0 Å². The highest BCUT2D eigenvalue weighted by molar-refractivity contribution is 6.02. The molecule has 3 N–H and O–H groups in total. The van der Waals surface area contributed by atoms with Crippen molar-refractivity contribution < 1.29 is 18.0 Å². The van der Waals surface area contributed by atoms with Crippen molar-refractivity contribution in [3.05, 3.63) is 29.1 Å². The van der Waals surface area contributed by atoms with E-state index in [1.807, 2.05) is 5.32 Å². The van der Waals surface area contributed by atoms with Gasteiger partial charge in [-0.2, -0.15) is 0 Å². The van der Waals surface area contributed by atoms with Crippen LogP contribution < -0.4 is 11.1 Å². The largest absolute Gasteiger partial charge is 0.322 e. The standard InChI is InChI=1S/C8H5F3N2O/c9-3-1-2-6(12)8(14)13-7(2)5(11)4(3)10/h1,6H,12H2,(H,13,14). The summed E-state index contributed by atoms with van der Waals surface area (Å²) in [5.41, 5.74) is 4.87. The van der Waals surface area contributed by atoms with Crippen molar-refractivity contribution >= 4 is 11.6 Å². The molecule has 1 aliphatic rings. The van der Waals surface area contributed by atoms with Crippen molar-refractivity contribution in [2.24, 2.45) is 5.73 Å². The number of carbonyl (C=O) groups excluding carboxylic acids is 1. The topological polar surface area (TPSA) is 55.1 Å². The Morgan fingerprint density at radius 1 is 1.29 bits per heavy atom. The average Bonchev–Trinajstić information content (AvgIpc) is 2.42. The van der Waals surface area contributed by atoms with Crippen LogP contribution in [0.2, 0.25) is 0 Å². The number of anilines is 1. The highest BCUT2D eigenvalue weighted by Crippen LogP contribution is 2.33. The summed E-state index contributed by atoms with van der Waals surface area (Å²) < 4.78 is 38.4. The predicted octanol–water partition coefficient (Wildman–Crippen LogP) is 1.06. The first-order valence-electron chi connectivity index (χ1n) is 3.76. The molecule has 1 aromatic rings. The van der Waals surface area contributed by atoms with Crippen LogP contribution in [0.25, 0.3) is 0 Å². The number of carbonyl (C=O) groups is 1. The minimum absolute atomic E-state index is 0.0635. The fraction of sp³-hybridized carbons (Fsp3) is 0.125. The van der Waals surface area contributed by atoms with E-state index < -0.39 is 29.4 Å². The number of nitrogens with two attached hydrogens (primary N) is 1. The van der Waals surface area contributed by atoms with Crippen LogP contribution in [0.1, 0.15) is 11.6 Å². The molecule has 2 rings (SSSR count). The van der Waals surface area contributed by atoms with Crippen molar-refractivity contribution in [2.75, 3.05) is 5.32 Å². The first-order chi connectivity index (χ1) is 6.52. The Balaban J connectivity index is 2.70. The summed E-state index contributed by atoms with van der Waals surface area (Å²) in [6, 6.07) is -0.425. The molecule has 0 aliphatic carbocycles. The molecule has 1 aromatic carbocycles. The van der Waals surface area contributed by atoms with E-state index in [9.17, 15) is 18.0 Å². The van der Waals surface area contributed by atoms with E-state index in [0.29, 0.717) is 0 Å². The van der Waals surface area contributed by atoms with Gasteiger partial charge in [-0.15, -0.1) is 0 Å². The lowest BCUT2D eigenvalue weighted by molar-refractivity contribution is -0.116. The van der Waals surface area contributed by atoms with Crippen LogP contribution in [0.3, 0.4) is 0 Å². The molecule has 74 valence electrons. The number of hydrogen-bond donors (Lipinski definition) is 2. The quantitative estimate of drug-likeness (QED) is 0.618. The lowest BCUT2D eigenvalue weighted by Crippen LogP contribution is -2.19. The highest BCUT2D eigenvalue weighted by atomic mass is 19.2. The molecule has 0 saturated heterocycles. The maximum atomic E-state index is 13.0. The third-order valence-electron chi connectivity index (χ3n) is 2.06. The van der Waals surface area contributed by atoms with Crippen molar-refractivity contribution in [3.63, 3.8) is 0 Å². The maximum absolute atomic E-state index is 13.0. The zero-order chi connectivity index (χ0) is 10.5. The molecule has 0 aromatic heterocycles. The third kappa shape index (κ3) is 1.00. The summed E-state index contributed by atoms with van der Waals surface area (Å²) in [7, 11) is 0. The Morgan fingerprint density at radius 3 is 2.57 bits per heavy atom. The van der Waals surface area contributed by atoms with Gasteiger partial charge in [0.2, 0.25) is 5.91 Å². The molecule has 0 bridgehead atoms. The molecule has 1 heterocycles. The van der Waals surface area contributed by atoms with Crippen LogP contribution in [0.4, 0.5) is 18.9 Å². The molecule has 1 amide bonds. The van der Waals surface area contributed by atoms with Crippen LogP contribution in [0.5, 0.6) is 0 Å². The molecular formula is C8H5F3N2O. The van der Waals surface area contributed by atoms with E-state index in [4.69, 9.17) is 5.73 Å². The number of amides is 1. The Labute approximate surface area is 76.7 Å². The third-order valence-corrected chi connectivity index (χ3v) is 2.06. The minimum atomic E-state index is -1.61. The number of hydrogen-bond acceptors (Lipinski definition) is 2. The van der Waals surface area contributed by atoms with Crippen LogP contribution in [-0.2, 0) is 4.79 Å². The predicted molar refractivity (Wildman–Crippen MR) is 41.9 cm³/mol. The van der Waals surface area contributed by atoms with Gasteiger partial charge in [-0.3, -0.25) is 4.79 Å². The molecule has 14 heavy (non-hydrogen) atoms. The molecule has 3 nitrogen and oxygen atoms in total. The smallest absolute Gasteiger partial charge is 0.246 e. The van der Waals surface area contributed by atoms with Gasteiger partial charge < -0.3 is 11.1 Å². The van der Waals surface area contributed by atoms with Gasteiger partial charge in [0, 0.05) is 5.56 Å². The summed E-state index contributed by atoms with van der Waals surface area (Å²) in [5.74, 6) is -5.06. The van der Waals surface area contributed by atoms with Gasteiger partial charge in [-0.1, -0.05) is 0 Å². The van der Waals surface area contributed by atoms with Crippen molar-refractivity contribution in [1.29, 1.82) is 0 Å². The van der Waals surface area contributed by atoms with Crippen LogP contribution >= 0.6 is 0 Å².